The van der Waals surface area contributed by atoms with E-state index in [0.717, 1.165) is 13.6 Å². The van der Waals surface area contributed by atoms with Gasteiger partial charge in [0.15, 0.2) is 0 Å². The Balaban J connectivity index is 1.78. The van der Waals surface area contributed by atoms with Crippen LogP contribution in [0.2, 0.25) is 0 Å². The molecule has 33 heavy (non-hydrogen) atoms. The number of rotatable bonds is 7. The number of hydrogen-bond acceptors (Lipinski definition) is 5. The topological polar surface area (TPSA) is 88.4 Å². The van der Waals surface area contributed by atoms with E-state index >= 15 is 0 Å². The van der Waals surface area contributed by atoms with E-state index in [9.17, 15) is 14.9 Å². The lowest BCUT2D eigenvalue weighted by atomic mass is 10.1. The molecule has 6 nitrogen and oxygen atoms in total. The van der Waals surface area contributed by atoms with Gasteiger partial charge in [-0.25, -0.2) is 4.79 Å². The fraction of sp³-hybridized carbons (Fsp3) is 0.0800. The highest BCUT2D eigenvalue weighted by atomic mass is 127. The number of halogens is 2. The number of nitrogens with one attached hydrogen (secondary N) is 1. The van der Waals surface area contributed by atoms with E-state index in [1.807, 2.05) is 36.4 Å². The summed E-state index contributed by atoms with van der Waals surface area (Å²) in [6, 6.07) is 21.5. The minimum absolute atomic E-state index is 0.0933. The van der Waals surface area contributed by atoms with E-state index in [1.165, 1.54) is 25.3 Å². The minimum atomic E-state index is -0.577. The van der Waals surface area contributed by atoms with Gasteiger partial charge in [-0.1, -0.05) is 28.1 Å². The lowest BCUT2D eigenvalue weighted by Crippen LogP contribution is -2.13. The second kappa shape index (κ2) is 11.6. The van der Waals surface area contributed by atoms with Gasteiger partial charge in [0.2, 0.25) is 0 Å². The summed E-state index contributed by atoms with van der Waals surface area (Å²) >= 11 is 5.66. The first-order chi connectivity index (χ1) is 15.9. The molecule has 3 rings (SSSR count). The van der Waals surface area contributed by atoms with Crippen molar-refractivity contribution in [3.05, 3.63) is 97.0 Å². The van der Waals surface area contributed by atoms with Crippen LogP contribution in [0.25, 0.3) is 6.08 Å². The number of amides is 1. The number of carbonyl (C=O) groups is 2. The minimum Gasteiger partial charge on any atom is -0.488 e. The molecule has 0 spiro atoms. The second-order valence-electron chi connectivity index (χ2n) is 6.79. The maximum atomic E-state index is 12.7. The average Bonchev–Trinajstić information content (AvgIpc) is 2.82. The van der Waals surface area contributed by atoms with Gasteiger partial charge in [-0.2, -0.15) is 5.26 Å². The van der Waals surface area contributed by atoms with Gasteiger partial charge >= 0.3 is 5.97 Å². The monoisotopic (exact) mass is 616 g/mol. The Morgan fingerprint density at radius 2 is 1.79 bits per heavy atom. The zero-order chi connectivity index (χ0) is 23.8. The number of esters is 1. The summed E-state index contributed by atoms with van der Waals surface area (Å²) in [5, 5.41) is 12.2. The average molecular weight is 617 g/mol. The van der Waals surface area contributed by atoms with Gasteiger partial charge in [-0.05, 0) is 88.8 Å². The molecule has 1 amide bonds. The summed E-state index contributed by atoms with van der Waals surface area (Å²) in [5.41, 5.74) is 2.29. The number of hydrogen-bond donors (Lipinski definition) is 1. The van der Waals surface area contributed by atoms with E-state index in [1.54, 1.807) is 24.3 Å². The smallest absolute Gasteiger partial charge is 0.337 e. The Labute approximate surface area is 213 Å². The summed E-state index contributed by atoms with van der Waals surface area (Å²) in [6.45, 7) is 0.347. The van der Waals surface area contributed by atoms with Crippen LogP contribution in [0, 0.1) is 14.9 Å². The van der Waals surface area contributed by atoms with Crippen LogP contribution < -0.4 is 10.1 Å². The first-order valence-electron chi connectivity index (χ1n) is 9.68. The Morgan fingerprint density at radius 1 is 1.09 bits per heavy atom. The number of nitrogens with zero attached hydrogens (tertiary/aromatic N) is 1. The molecule has 0 aliphatic heterocycles. The molecule has 0 radical (unpaired) electrons. The van der Waals surface area contributed by atoms with Gasteiger partial charge in [0, 0.05) is 19.3 Å². The SMILES string of the molecule is COC(=O)c1ccc(NC(=O)/C(C#N)=C/c2cc(Br)ccc2OCc2ccc(I)cc2)cc1. The lowest BCUT2D eigenvalue weighted by molar-refractivity contribution is -0.112. The molecule has 1 N–H and O–H groups in total. The summed E-state index contributed by atoms with van der Waals surface area (Å²) < 4.78 is 12.5. The predicted molar refractivity (Wildman–Crippen MR) is 138 cm³/mol. The molecular weight excluding hydrogens is 599 g/mol. The van der Waals surface area contributed by atoms with E-state index < -0.39 is 11.9 Å². The molecule has 0 aliphatic rings. The van der Waals surface area contributed by atoms with E-state index in [-0.39, 0.29) is 5.57 Å². The molecule has 0 saturated carbocycles. The van der Waals surface area contributed by atoms with Crippen LogP contribution in [0.5, 0.6) is 5.75 Å². The number of anilines is 1. The van der Waals surface area contributed by atoms with Crippen molar-refractivity contribution >= 4 is 62.2 Å². The molecule has 166 valence electrons. The highest BCUT2D eigenvalue weighted by molar-refractivity contribution is 14.1. The zero-order valence-corrected chi connectivity index (χ0v) is 21.2. The normalized spacial score (nSPS) is 10.8. The fourth-order valence-corrected chi connectivity index (χ4v) is 3.55. The number of nitriles is 1. The standard InChI is InChI=1S/C25H18BrIN2O4/c1-32-25(31)17-4-9-22(10-5-17)29-24(30)19(14-28)12-18-13-20(26)6-11-23(18)33-15-16-2-7-21(27)8-3-16/h2-13H,15H2,1H3,(H,29,30)/b19-12+. The van der Waals surface area contributed by atoms with Crippen molar-refractivity contribution in [1.82, 2.24) is 0 Å². The van der Waals surface area contributed by atoms with Crippen LogP contribution in [-0.4, -0.2) is 19.0 Å². The van der Waals surface area contributed by atoms with Crippen molar-refractivity contribution in [2.45, 2.75) is 6.61 Å². The maximum Gasteiger partial charge on any atom is 0.337 e. The third-order valence-electron chi connectivity index (χ3n) is 4.51. The van der Waals surface area contributed by atoms with Crippen molar-refractivity contribution in [2.75, 3.05) is 12.4 Å². The molecule has 0 heterocycles. The molecule has 3 aromatic rings. The summed E-state index contributed by atoms with van der Waals surface area (Å²) in [4.78, 5) is 24.2. The molecule has 0 fully saturated rings. The Hall–Kier alpha value is -3.16. The molecule has 8 heteroatoms. The van der Waals surface area contributed by atoms with E-state index in [0.29, 0.717) is 29.2 Å². The molecule has 0 saturated heterocycles. The van der Waals surface area contributed by atoms with Crippen molar-refractivity contribution in [3.8, 4) is 11.8 Å². The first-order valence-corrected chi connectivity index (χ1v) is 11.5. The quantitative estimate of drug-likeness (QED) is 0.153. The third kappa shape index (κ3) is 6.91. The van der Waals surface area contributed by atoms with Crippen molar-refractivity contribution in [3.63, 3.8) is 0 Å². The van der Waals surface area contributed by atoms with Gasteiger partial charge in [-0.15, -0.1) is 0 Å². The summed E-state index contributed by atoms with van der Waals surface area (Å²) in [5.74, 6) is -0.510. The van der Waals surface area contributed by atoms with Crippen LogP contribution in [0.15, 0.2) is 76.8 Å². The molecule has 0 aliphatic carbocycles. The number of benzene rings is 3. The summed E-state index contributed by atoms with van der Waals surface area (Å²) in [6.07, 6.45) is 1.48. The molecule has 0 unspecified atom stereocenters. The van der Waals surface area contributed by atoms with Crippen LogP contribution in [0.3, 0.4) is 0 Å². The first kappa shape index (κ1) is 24.5. The Bertz CT molecular complexity index is 1230. The lowest BCUT2D eigenvalue weighted by Gasteiger charge is -2.11. The van der Waals surface area contributed by atoms with Gasteiger partial charge in [-0.3, -0.25) is 4.79 Å². The highest BCUT2D eigenvalue weighted by Crippen LogP contribution is 2.27. The largest absolute Gasteiger partial charge is 0.488 e. The Kier molecular flexibility index (Phi) is 8.63. The van der Waals surface area contributed by atoms with Gasteiger partial charge in [0.25, 0.3) is 5.91 Å². The molecule has 0 bridgehead atoms. The van der Waals surface area contributed by atoms with Crippen LogP contribution >= 0.6 is 38.5 Å². The fourth-order valence-electron chi connectivity index (χ4n) is 2.82. The maximum absolute atomic E-state index is 12.7. The highest BCUT2D eigenvalue weighted by Gasteiger charge is 2.13. The third-order valence-corrected chi connectivity index (χ3v) is 5.72. The van der Waals surface area contributed by atoms with E-state index in [4.69, 9.17) is 4.74 Å². The number of carbonyl (C=O) groups excluding carboxylic acids is 2. The number of methoxy groups -OCH3 is 1. The van der Waals surface area contributed by atoms with Crippen molar-refractivity contribution < 1.29 is 19.1 Å². The summed E-state index contributed by atoms with van der Waals surface area (Å²) in [7, 11) is 1.29. The Morgan fingerprint density at radius 3 is 2.42 bits per heavy atom. The molecule has 0 aromatic heterocycles. The van der Waals surface area contributed by atoms with Gasteiger partial charge in [0.1, 0.15) is 24.0 Å². The molecule has 0 atom stereocenters. The zero-order valence-electron chi connectivity index (χ0n) is 17.5. The van der Waals surface area contributed by atoms with Crippen molar-refractivity contribution in [1.29, 1.82) is 5.26 Å². The second-order valence-corrected chi connectivity index (χ2v) is 8.95. The van der Waals surface area contributed by atoms with Crippen molar-refractivity contribution in [2.24, 2.45) is 0 Å². The van der Waals surface area contributed by atoms with Crippen LogP contribution in [0.1, 0.15) is 21.5 Å². The number of ether oxygens (including phenoxy) is 2. The molecule has 3 aromatic carbocycles. The molecular formula is C25H18BrIN2O4. The van der Waals surface area contributed by atoms with Crippen LogP contribution in [-0.2, 0) is 16.1 Å². The predicted octanol–water partition coefficient (Wildman–Crippen LogP) is 5.96. The van der Waals surface area contributed by atoms with E-state index in [2.05, 4.69) is 48.6 Å². The van der Waals surface area contributed by atoms with Gasteiger partial charge < -0.3 is 14.8 Å². The van der Waals surface area contributed by atoms with Gasteiger partial charge in [0.05, 0.1) is 12.7 Å². The van der Waals surface area contributed by atoms with Crippen LogP contribution in [0.4, 0.5) is 5.69 Å².